The molecule has 3 aromatic rings. The number of aromatic amines is 1. The third-order valence-electron chi connectivity index (χ3n) is 2.99. The van der Waals surface area contributed by atoms with E-state index in [-0.39, 0.29) is 5.75 Å². The van der Waals surface area contributed by atoms with Crippen molar-refractivity contribution in [1.82, 2.24) is 20.2 Å². The molecular formula is C14H13ClFN5O. The monoisotopic (exact) mass is 321 g/mol. The van der Waals surface area contributed by atoms with Gasteiger partial charge in [-0.15, -0.1) is 11.6 Å². The van der Waals surface area contributed by atoms with E-state index in [9.17, 15) is 4.39 Å². The maximum atomic E-state index is 14.1. The van der Waals surface area contributed by atoms with Gasteiger partial charge in [0.2, 0.25) is 0 Å². The minimum Gasteiger partial charge on any atom is -0.490 e. The number of H-pyrrole nitrogens is 1. The number of halogens is 2. The predicted octanol–water partition coefficient (Wildman–Crippen LogP) is 3.24. The highest BCUT2D eigenvalue weighted by Gasteiger charge is 2.11. The largest absolute Gasteiger partial charge is 0.490 e. The van der Waals surface area contributed by atoms with E-state index in [1.54, 1.807) is 18.5 Å². The fourth-order valence-electron chi connectivity index (χ4n) is 1.96. The van der Waals surface area contributed by atoms with E-state index < -0.39 is 5.82 Å². The molecule has 0 amide bonds. The molecule has 22 heavy (non-hydrogen) atoms. The molecule has 6 nitrogen and oxygen atoms in total. The molecule has 0 bridgehead atoms. The number of fused-ring (bicyclic) bond motifs is 1. The minimum atomic E-state index is -0.466. The van der Waals surface area contributed by atoms with Crippen LogP contribution < -0.4 is 10.1 Å². The van der Waals surface area contributed by atoms with Gasteiger partial charge in [0.25, 0.3) is 0 Å². The van der Waals surface area contributed by atoms with Crippen molar-refractivity contribution in [2.24, 2.45) is 0 Å². The average molecular weight is 322 g/mol. The third kappa shape index (κ3) is 3.09. The molecule has 2 heterocycles. The first-order valence-electron chi connectivity index (χ1n) is 6.67. The first-order chi connectivity index (χ1) is 10.8. The van der Waals surface area contributed by atoms with Gasteiger partial charge in [-0.1, -0.05) is 0 Å². The lowest BCUT2D eigenvalue weighted by atomic mass is 10.2. The Kier molecular flexibility index (Phi) is 4.34. The van der Waals surface area contributed by atoms with E-state index >= 15 is 0 Å². The number of alkyl halides is 1. The molecule has 0 aliphatic carbocycles. The molecule has 0 saturated heterocycles. The molecule has 0 atom stereocenters. The number of nitrogens with one attached hydrogen (secondary N) is 2. The van der Waals surface area contributed by atoms with Gasteiger partial charge in [-0.05, 0) is 12.5 Å². The van der Waals surface area contributed by atoms with Crippen molar-refractivity contribution in [3.8, 4) is 5.75 Å². The van der Waals surface area contributed by atoms with Crippen LogP contribution in [0.2, 0.25) is 0 Å². The molecule has 0 aliphatic heterocycles. The Morgan fingerprint density at radius 3 is 3.00 bits per heavy atom. The Labute approximate surface area is 130 Å². The third-order valence-corrected chi connectivity index (χ3v) is 3.25. The van der Waals surface area contributed by atoms with Crippen LogP contribution in [0.1, 0.15) is 6.42 Å². The summed E-state index contributed by atoms with van der Waals surface area (Å²) in [5.41, 5.74) is 1.31. The van der Waals surface area contributed by atoms with Crippen LogP contribution in [0.4, 0.5) is 15.9 Å². The molecule has 114 valence electrons. The Balaban J connectivity index is 1.93. The molecular weight excluding hydrogens is 309 g/mol. The molecule has 0 aliphatic rings. The molecule has 0 radical (unpaired) electrons. The van der Waals surface area contributed by atoms with E-state index in [1.165, 1.54) is 12.4 Å². The van der Waals surface area contributed by atoms with Crippen molar-refractivity contribution < 1.29 is 9.13 Å². The van der Waals surface area contributed by atoms with E-state index in [2.05, 4.69) is 25.5 Å². The number of benzene rings is 1. The Hall–Kier alpha value is -2.41. The number of anilines is 2. The summed E-state index contributed by atoms with van der Waals surface area (Å²) in [7, 11) is 0. The van der Waals surface area contributed by atoms with E-state index in [1.807, 2.05) is 0 Å². The minimum absolute atomic E-state index is 0.158. The normalized spacial score (nSPS) is 10.8. The van der Waals surface area contributed by atoms with Gasteiger partial charge in [-0.25, -0.2) is 14.4 Å². The zero-order valence-electron chi connectivity index (χ0n) is 11.5. The number of nitrogens with zero attached hydrogens (tertiary/aromatic N) is 3. The quantitative estimate of drug-likeness (QED) is 0.538. The maximum absolute atomic E-state index is 14.1. The lowest BCUT2D eigenvalue weighted by Gasteiger charge is -2.10. The van der Waals surface area contributed by atoms with Crippen LogP contribution in [0.15, 0.2) is 30.9 Å². The molecule has 0 unspecified atom stereocenters. The lowest BCUT2D eigenvalue weighted by molar-refractivity contribution is 0.302. The van der Waals surface area contributed by atoms with Crippen molar-refractivity contribution in [2.45, 2.75) is 6.42 Å². The SMILES string of the molecule is Fc1cc2c(Nc3cn[nH]c3)ncnc2cc1OCCCCl. The second-order valence-electron chi connectivity index (χ2n) is 4.53. The van der Waals surface area contributed by atoms with Gasteiger partial charge in [0, 0.05) is 23.5 Å². The highest BCUT2D eigenvalue weighted by atomic mass is 35.5. The molecule has 2 aromatic heterocycles. The van der Waals surface area contributed by atoms with Crippen molar-refractivity contribution >= 4 is 34.0 Å². The second kappa shape index (κ2) is 6.57. The summed E-state index contributed by atoms with van der Waals surface area (Å²) >= 11 is 5.58. The molecule has 8 heteroatoms. The molecule has 2 N–H and O–H groups in total. The van der Waals surface area contributed by atoms with Crippen LogP contribution in [0, 0.1) is 5.82 Å². The van der Waals surface area contributed by atoms with Crippen LogP contribution in [-0.4, -0.2) is 32.7 Å². The van der Waals surface area contributed by atoms with Gasteiger partial charge in [-0.2, -0.15) is 5.10 Å². The van der Waals surface area contributed by atoms with Crippen molar-refractivity contribution in [1.29, 1.82) is 0 Å². The van der Waals surface area contributed by atoms with Crippen LogP contribution >= 0.6 is 11.6 Å². The van der Waals surface area contributed by atoms with Gasteiger partial charge in [0.05, 0.1) is 24.0 Å². The summed E-state index contributed by atoms with van der Waals surface area (Å²) < 4.78 is 19.5. The average Bonchev–Trinajstić information content (AvgIpc) is 3.02. The van der Waals surface area contributed by atoms with Gasteiger partial charge in [0.15, 0.2) is 11.6 Å². The fourth-order valence-corrected chi connectivity index (χ4v) is 2.07. The van der Waals surface area contributed by atoms with Gasteiger partial charge in [-0.3, -0.25) is 5.10 Å². The summed E-state index contributed by atoms with van der Waals surface area (Å²) in [6.07, 6.45) is 5.34. The fraction of sp³-hybridized carbons (Fsp3) is 0.214. The van der Waals surface area contributed by atoms with Gasteiger partial charge < -0.3 is 10.1 Å². The summed E-state index contributed by atoms with van der Waals surface area (Å²) in [5, 5.41) is 10.1. The maximum Gasteiger partial charge on any atom is 0.165 e. The second-order valence-corrected chi connectivity index (χ2v) is 4.90. The lowest BCUT2D eigenvalue weighted by Crippen LogP contribution is -2.01. The summed E-state index contributed by atoms with van der Waals surface area (Å²) in [5.74, 6) is 0.658. The highest BCUT2D eigenvalue weighted by Crippen LogP contribution is 2.28. The molecule has 0 saturated carbocycles. The smallest absolute Gasteiger partial charge is 0.165 e. The Morgan fingerprint density at radius 1 is 1.32 bits per heavy atom. The summed E-state index contributed by atoms with van der Waals surface area (Å²) in [6, 6.07) is 2.91. The molecule has 0 spiro atoms. The van der Waals surface area contributed by atoms with Crippen LogP contribution in [-0.2, 0) is 0 Å². The van der Waals surface area contributed by atoms with Crippen molar-refractivity contribution in [3.63, 3.8) is 0 Å². The first-order valence-corrected chi connectivity index (χ1v) is 7.20. The van der Waals surface area contributed by atoms with Gasteiger partial charge in [0.1, 0.15) is 12.1 Å². The number of rotatable bonds is 6. The Morgan fingerprint density at radius 2 is 2.23 bits per heavy atom. The Bertz CT molecular complexity index is 765. The van der Waals surface area contributed by atoms with Crippen LogP contribution in [0.25, 0.3) is 10.9 Å². The predicted molar refractivity (Wildman–Crippen MR) is 82.2 cm³/mol. The molecule has 3 rings (SSSR count). The first kappa shape index (κ1) is 14.5. The van der Waals surface area contributed by atoms with Crippen molar-refractivity contribution in [2.75, 3.05) is 17.8 Å². The van der Waals surface area contributed by atoms with E-state index in [0.29, 0.717) is 35.6 Å². The molecule has 0 fully saturated rings. The number of hydrogen-bond donors (Lipinski definition) is 2. The number of aromatic nitrogens is 4. The topological polar surface area (TPSA) is 75.7 Å². The summed E-state index contributed by atoms with van der Waals surface area (Å²) in [6.45, 7) is 0.358. The van der Waals surface area contributed by atoms with E-state index in [4.69, 9.17) is 16.3 Å². The van der Waals surface area contributed by atoms with Crippen molar-refractivity contribution in [3.05, 3.63) is 36.7 Å². The van der Waals surface area contributed by atoms with E-state index in [0.717, 1.165) is 5.69 Å². The number of hydrogen-bond acceptors (Lipinski definition) is 5. The highest BCUT2D eigenvalue weighted by molar-refractivity contribution is 6.17. The van der Waals surface area contributed by atoms with Gasteiger partial charge >= 0.3 is 0 Å². The zero-order chi connectivity index (χ0) is 15.4. The standard InChI is InChI=1S/C14H13ClFN5O/c15-2-1-3-22-13-5-12-10(4-11(13)16)14(18-8-17-12)21-9-6-19-20-7-9/h4-8H,1-3H2,(H,19,20)(H,17,18,21). The summed E-state index contributed by atoms with van der Waals surface area (Å²) in [4.78, 5) is 8.29. The zero-order valence-corrected chi connectivity index (χ0v) is 12.3. The van der Waals surface area contributed by atoms with Crippen LogP contribution in [0.5, 0.6) is 5.75 Å². The van der Waals surface area contributed by atoms with Crippen LogP contribution in [0.3, 0.4) is 0 Å². The number of ether oxygens (including phenoxy) is 1. The molecule has 1 aromatic carbocycles.